The van der Waals surface area contributed by atoms with Crippen LogP contribution in [0.5, 0.6) is 0 Å². The van der Waals surface area contributed by atoms with E-state index in [4.69, 9.17) is 0 Å². The summed E-state index contributed by atoms with van der Waals surface area (Å²) in [5.74, 6) is 0.146. The van der Waals surface area contributed by atoms with E-state index in [2.05, 4.69) is 18.2 Å². The van der Waals surface area contributed by atoms with Gasteiger partial charge in [-0.25, -0.2) is 0 Å². The molecule has 0 radical (unpaired) electrons. The first-order valence-corrected chi connectivity index (χ1v) is 9.20. The lowest BCUT2D eigenvalue weighted by atomic mass is 10.0. The van der Waals surface area contributed by atoms with Crippen LogP contribution in [0, 0.1) is 0 Å². The molecule has 0 N–H and O–H groups in total. The van der Waals surface area contributed by atoms with Crippen molar-refractivity contribution < 1.29 is 9.59 Å². The Morgan fingerprint density at radius 3 is 2.56 bits per heavy atom. The van der Waals surface area contributed by atoms with Crippen LogP contribution in [0.25, 0.3) is 10.8 Å². The fourth-order valence-electron chi connectivity index (χ4n) is 3.78. The molecule has 1 saturated heterocycles. The molecule has 0 bridgehead atoms. The van der Waals surface area contributed by atoms with Gasteiger partial charge in [-0.3, -0.25) is 9.59 Å². The van der Waals surface area contributed by atoms with Crippen LogP contribution in [-0.4, -0.2) is 47.3 Å². The molecule has 2 aromatic rings. The fraction of sp³-hybridized carbons (Fsp3) is 0.429. The van der Waals surface area contributed by atoms with Gasteiger partial charge in [-0.05, 0) is 43.0 Å². The smallest absolute Gasteiger partial charge is 0.245 e. The summed E-state index contributed by atoms with van der Waals surface area (Å²) in [6.07, 6.45) is 2.03. The van der Waals surface area contributed by atoms with Crippen molar-refractivity contribution >= 4 is 22.6 Å². The number of amides is 2. The van der Waals surface area contributed by atoms with Gasteiger partial charge in [0.2, 0.25) is 11.8 Å². The molecule has 0 saturated carbocycles. The summed E-state index contributed by atoms with van der Waals surface area (Å²) in [7, 11) is 0. The number of carbonyl (C=O) groups is 2. The summed E-state index contributed by atoms with van der Waals surface area (Å²) < 4.78 is 0. The van der Waals surface area contributed by atoms with Crippen LogP contribution in [0.2, 0.25) is 0 Å². The van der Waals surface area contributed by atoms with Crippen molar-refractivity contribution in [1.82, 2.24) is 9.80 Å². The quantitative estimate of drug-likeness (QED) is 0.840. The highest BCUT2D eigenvalue weighted by Gasteiger charge is 2.35. The van der Waals surface area contributed by atoms with Gasteiger partial charge in [0.25, 0.3) is 0 Å². The molecule has 1 aliphatic heterocycles. The van der Waals surface area contributed by atoms with Crippen LogP contribution in [-0.2, 0) is 16.0 Å². The number of likely N-dealkylation sites (N-methyl/N-ethyl adjacent to an activating group) is 1. The number of fused-ring (bicyclic) bond motifs is 1. The summed E-state index contributed by atoms with van der Waals surface area (Å²) in [6, 6.07) is 13.9. The molecule has 2 aromatic carbocycles. The van der Waals surface area contributed by atoms with E-state index in [9.17, 15) is 9.59 Å². The predicted molar refractivity (Wildman–Crippen MR) is 100 cm³/mol. The highest BCUT2D eigenvalue weighted by atomic mass is 16.2. The first-order chi connectivity index (χ1) is 12.2. The van der Waals surface area contributed by atoms with Gasteiger partial charge in [0, 0.05) is 19.6 Å². The monoisotopic (exact) mass is 338 g/mol. The Labute approximate surface area is 149 Å². The molecule has 4 nitrogen and oxygen atoms in total. The highest BCUT2D eigenvalue weighted by Crippen LogP contribution is 2.23. The fourth-order valence-corrected chi connectivity index (χ4v) is 3.78. The van der Waals surface area contributed by atoms with E-state index in [1.54, 1.807) is 4.90 Å². The molecular formula is C21H26N2O2. The lowest BCUT2D eigenvalue weighted by Crippen LogP contribution is -2.48. The second-order valence-corrected chi connectivity index (χ2v) is 6.57. The maximum Gasteiger partial charge on any atom is 0.245 e. The molecule has 3 rings (SSSR count). The van der Waals surface area contributed by atoms with Crippen molar-refractivity contribution in [3.8, 4) is 0 Å². The molecule has 1 atom stereocenters. The van der Waals surface area contributed by atoms with Gasteiger partial charge in [-0.1, -0.05) is 42.5 Å². The molecular weight excluding hydrogens is 312 g/mol. The van der Waals surface area contributed by atoms with E-state index < -0.39 is 0 Å². The number of likely N-dealkylation sites (tertiary alicyclic amines) is 1. The zero-order valence-corrected chi connectivity index (χ0v) is 15.1. The summed E-state index contributed by atoms with van der Waals surface area (Å²) >= 11 is 0. The molecule has 4 heteroatoms. The van der Waals surface area contributed by atoms with E-state index in [1.165, 1.54) is 0 Å². The van der Waals surface area contributed by atoms with Crippen molar-refractivity contribution in [2.75, 3.05) is 19.6 Å². The van der Waals surface area contributed by atoms with Crippen molar-refractivity contribution in [3.63, 3.8) is 0 Å². The zero-order valence-electron chi connectivity index (χ0n) is 15.1. The minimum Gasteiger partial charge on any atom is -0.341 e. The Morgan fingerprint density at radius 2 is 1.80 bits per heavy atom. The second kappa shape index (κ2) is 7.68. The molecule has 25 heavy (non-hydrogen) atoms. The molecule has 1 aliphatic rings. The molecule has 1 heterocycles. The minimum atomic E-state index is -0.289. The maximum absolute atomic E-state index is 12.9. The third kappa shape index (κ3) is 3.53. The largest absolute Gasteiger partial charge is 0.341 e. The predicted octanol–water partition coefficient (Wildman–Crippen LogP) is 3.24. The molecule has 2 amide bonds. The van der Waals surface area contributed by atoms with Gasteiger partial charge >= 0.3 is 0 Å². The molecule has 1 fully saturated rings. The van der Waals surface area contributed by atoms with Gasteiger partial charge < -0.3 is 9.80 Å². The third-order valence-electron chi connectivity index (χ3n) is 5.15. The molecule has 0 aromatic heterocycles. The van der Waals surface area contributed by atoms with Gasteiger partial charge in [-0.2, -0.15) is 0 Å². The molecule has 0 unspecified atom stereocenters. The lowest BCUT2D eigenvalue weighted by Gasteiger charge is -2.29. The Bertz CT molecular complexity index is 762. The van der Waals surface area contributed by atoms with Crippen molar-refractivity contribution in [1.29, 1.82) is 0 Å². The standard InChI is InChI=1S/C21H26N2O2/c1-3-22(4-2)21(25)19-13-8-14-23(19)20(24)15-17-11-7-10-16-9-5-6-12-18(16)17/h5-7,9-12,19H,3-4,8,13-15H2,1-2H3/t19-/m0/s1. The van der Waals surface area contributed by atoms with E-state index in [-0.39, 0.29) is 17.9 Å². The van der Waals surface area contributed by atoms with Crippen LogP contribution >= 0.6 is 0 Å². The van der Waals surface area contributed by atoms with Gasteiger partial charge in [-0.15, -0.1) is 0 Å². The Hall–Kier alpha value is -2.36. The average molecular weight is 338 g/mol. The SMILES string of the molecule is CCN(CC)C(=O)[C@@H]1CCCN1C(=O)Cc1cccc2ccccc12. The number of carbonyl (C=O) groups excluding carboxylic acids is 2. The zero-order chi connectivity index (χ0) is 17.8. The third-order valence-corrected chi connectivity index (χ3v) is 5.15. The van der Waals surface area contributed by atoms with Crippen LogP contribution in [0.4, 0.5) is 0 Å². The first kappa shape index (κ1) is 17.5. The second-order valence-electron chi connectivity index (χ2n) is 6.57. The van der Waals surface area contributed by atoms with Crippen LogP contribution < -0.4 is 0 Å². The molecule has 132 valence electrons. The molecule has 0 spiro atoms. The number of hydrogen-bond donors (Lipinski definition) is 0. The number of rotatable bonds is 5. The topological polar surface area (TPSA) is 40.6 Å². The normalized spacial score (nSPS) is 17.0. The Kier molecular flexibility index (Phi) is 5.37. The first-order valence-electron chi connectivity index (χ1n) is 9.20. The number of nitrogens with zero attached hydrogens (tertiary/aromatic N) is 2. The van der Waals surface area contributed by atoms with E-state index >= 15 is 0 Å². The summed E-state index contributed by atoms with van der Waals surface area (Å²) in [5, 5.41) is 2.26. The summed E-state index contributed by atoms with van der Waals surface area (Å²) in [4.78, 5) is 29.3. The minimum absolute atomic E-state index is 0.0550. The van der Waals surface area contributed by atoms with E-state index in [0.29, 0.717) is 26.1 Å². The van der Waals surface area contributed by atoms with Gasteiger partial charge in [0.1, 0.15) is 6.04 Å². The Morgan fingerprint density at radius 1 is 1.08 bits per heavy atom. The van der Waals surface area contributed by atoms with Gasteiger partial charge in [0.15, 0.2) is 0 Å². The molecule has 0 aliphatic carbocycles. The van der Waals surface area contributed by atoms with Crippen molar-refractivity contribution in [2.24, 2.45) is 0 Å². The number of benzene rings is 2. The summed E-state index contributed by atoms with van der Waals surface area (Å²) in [6.45, 7) is 6.03. The van der Waals surface area contributed by atoms with Crippen LogP contribution in [0.1, 0.15) is 32.3 Å². The number of hydrogen-bond acceptors (Lipinski definition) is 2. The van der Waals surface area contributed by atoms with E-state index in [0.717, 1.165) is 29.2 Å². The maximum atomic E-state index is 12.9. The van der Waals surface area contributed by atoms with Crippen molar-refractivity contribution in [2.45, 2.75) is 39.2 Å². The Balaban J connectivity index is 1.79. The van der Waals surface area contributed by atoms with Crippen LogP contribution in [0.15, 0.2) is 42.5 Å². The van der Waals surface area contributed by atoms with Gasteiger partial charge in [0.05, 0.1) is 6.42 Å². The lowest BCUT2D eigenvalue weighted by molar-refractivity contribution is -0.143. The summed E-state index contributed by atoms with van der Waals surface area (Å²) in [5.41, 5.74) is 1.03. The average Bonchev–Trinajstić information content (AvgIpc) is 3.13. The van der Waals surface area contributed by atoms with Crippen LogP contribution in [0.3, 0.4) is 0 Å². The van der Waals surface area contributed by atoms with Crippen molar-refractivity contribution in [3.05, 3.63) is 48.0 Å². The highest BCUT2D eigenvalue weighted by molar-refractivity contribution is 5.93. The van der Waals surface area contributed by atoms with E-state index in [1.807, 2.05) is 43.0 Å².